The standard InChI is InChI=1S/C25H27N5O2/c31-22-11-12-25(30(22)18-19-7-3-1-4-8-19)13-15-29(16-14-25)23(32)17-21-26-24(28-27-21)20-9-5-2-6-10-20/h1-10H,11-18H2,(H,26,27,28). The number of likely N-dealkylation sites (tertiary alicyclic amines) is 2. The lowest BCUT2D eigenvalue weighted by Gasteiger charge is -2.45. The maximum atomic E-state index is 12.9. The van der Waals surface area contributed by atoms with Gasteiger partial charge in [-0.05, 0) is 24.8 Å². The number of rotatable bonds is 5. The first kappa shape index (κ1) is 20.4. The maximum absolute atomic E-state index is 12.9. The van der Waals surface area contributed by atoms with Crippen LogP contribution >= 0.6 is 0 Å². The van der Waals surface area contributed by atoms with Gasteiger partial charge in [0, 0.05) is 37.2 Å². The van der Waals surface area contributed by atoms with Crippen molar-refractivity contribution in [2.45, 2.75) is 44.2 Å². The molecule has 2 aliphatic heterocycles. The predicted octanol–water partition coefficient (Wildman–Crippen LogP) is 3.20. The molecule has 2 aliphatic rings. The predicted molar refractivity (Wildman–Crippen MR) is 120 cm³/mol. The van der Waals surface area contributed by atoms with Gasteiger partial charge in [0.1, 0.15) is 5.82 Å². The highest BCUT2D eigenvalue weighted by Crippen LogP contribution is 2.40. The van der Waals surface area contributed by atoms with Crippen LogP contribution in [-0.4, -0.2) is 55.4 Å². The fourth-order valence-corrected chi connectivity index (χ4v) is 4.93. The van der Waals surface area contributed by atoms with E-state index in [2.05, 4.69) is 32.2 Å². The van der Waals surface area contributed by atoms with E-state index in [0.717, 1.165) is 30.4 Å². The molecule has 0 bridgehead atoms. The SMILES string of the molecule is O=C(Cc1nc(-c2ccccc2)n[nH]1)N1CCC2(CCC(=O)N2Cc2ccccc2)CC1. The smallest absolute Gasteiger partial charge is 0.230 e. The number of carbonyl (C=O) groups excluding carboxylic acids is 2. The molecule has 7 nitrogen and oxygen atoms in total. The van der Waals surface area contributed by atoms with Crippen molar-refractivity contribution in [1.82, 2.24) is 25.0 Å². The Balaban J connectivity index is 1.21. The van der Waals surface area contributed by atoms with Crippen molar-refractivity contribution in [3.05, 3.63) is 72.1 Å². The van der Waals surface area contributed by atoms with Crippen LogP contribution in [0.5, 0.6) is 0 Å². The molecule has 1 spiro atoms. The fraction of sp³-hybridized carbons (Fsp3) is 0.360. The number of nitrogens with one attached hydrogen (secondary N) is 1. The zero-order valence-electron chi connectivity index (χ0n) is 18.0. The Morgan fingerprint density at radius 2 is 1.66 bits per heavy atom. The van der Waals surface area contributed by atoms with Gasteiger partial charge in [-0.25, -0.2) is 4.98 Å². The summed E-state index contributed by atoms with van der Waals surface area (Å²) >= 11 is 0. The van der Waals surface area contributed by atoms with Gasteiger partial charge in [-0.2, -0.15) is 5.10 Å². The van der Waals surface area contributed by atoms with Crippen LogP contribution in [0.3, 0.4) is 0 Å². The minimum atomic E-state index is -0.129. The number of aromatic amines is 1. The largest absolute Gasteiger partial charge is 0.342 e. The minimum absolute atomic E-state index is 0.0505. The Morgan fingerprint density at radius 3 is 2.38 bits per heavy atom. The topological polar surface area (TPSA) is 82.2 Å². The van der Waals surface area contributed by atoms with Gasteiger partial charge in [-0.1, -0.05) is 60.7 Å². The van der Waals surface area contributed by atoms with E-state index in [0.29, 0.717) is 37.7 Å². The van der Waals surface area contributed by atoms with E-state index in [1.54, 1.807) is 0 Å². The molecule has 0 unspecified atom stereocenters. The van der Waals surface area contributed by atoms with Gasteiger partial charge >= 0.3 is 0 Å². The molecule has 2 saturated heterocycles. The second-order valence-electron chi connectivity index (χ2n) is 8.72. The highest BCUT2D eigenvalue weighted by atomic mass is 16.2. The Labute approximate surface area is 187 Å². The third-order valence-electron chi connectivity index (χ3n) is 6.79. The van der Waals surface area contributed by atoms with E-state index < -0.39 is 0 Å². The number of hydrogen-bond donors (Lipinski definition) is 1. The maximum Gasteiger partial charge on any atom is 0.230 e. The van der Waals surface area contributed by atoms with Crippen LogP contribution < -0.4 is 0 Å². The van der Waals surface area contributed by atoms with E-state index >= 15 is 0 Å². The molecule has 7 heteroatoms. The fourth-order valence-electron chi connectivity index (χ4n) is 4.93. The summed E-state index contributed by atoms with van der Waals surface area (Å²) < 4.78 is 0. The quantitative estimate of drug-likeness (QED) is 0.675. The van der Waals surface area contributed by atoms with Crippen molar-refractivity contribution in [2.24, 2.45) is 0 Å². The average molecular weight is 430 g/mol. The average Bonchev–Trinajstić information content (AvgIpc) is 3.42. The molecule has 1 N–H and O–H groups in total. The van der Waals surface area contributed by atoms with Crippen molar-refractivity contribution < 1.29 is 9.59 Å². The summed E-state index contributed by atoms with van der Waals surface area (Å²) in [6.45, 7) is 1.97. The lowest BCUT2D eigenvalue weighted by Crippen LogP contribution is -2.54. The summed E-state index contributed by atoms with van der Waals surface area (Å²) in [6, 6.07) is 19.9. The number of H-pyrrole nitrogens is 1. The van der Waals surface area contributed by atoms with E-state index in [9.17, 15) is 9.59 Å². The van der Waals surface area contributed by atoms with E-state index in [-0.39, 0.29) is 23.8 Å². The molecule has 0 atom stereocenters. The molecular formula is C25H27N5O2. The number of piperidine rings is 1. The lowest BCUT2D eigenvalue weighted by atomic mass is 9.84. The number of benzene rings is 2. The third kappa shape index (κ3) is 4.02. The number of nitrogens with zero attached hydrogens (tertiary/aromatic N) is 4. The second-order valence-corrected chi connectivity index (χ2v) is 8.72. The van der Waals surface area contributed by atoms with Crippen molar-refractivity contribution >= 4 is 11.8 Å². The molecule has 32 heavy (non-hydrogen) atoms. The van der Waals surface area contributed by atoms with Crippen LogP contribution in [0.1, 0.15) is 37.1 Å². The summed E-state index contributed by atoms with van der Waals surface area (Å²) in [4.78, 5) is 34.0. The van der Waals surface area contributed by atoms with Gasteiger partial charge in [0.2, 0.25) is 11.8 Å². The first-order chi connectivity index (χ1) is 15.6. The molecular weight excluding hydrogens is 402 g/mol. The van der Waals surface area contributed by atoms with Crippen LogP contribution in [0.2, 0.25) is 0 Å². The minimum Gasteiger partial charge on any atom is -0.342 e. The van der Waals surface area contributed by atoms with Gasteiger partial charge in [0.05, 0.1) is 6.42 Å². The number of aromatic nitrogens is 3. The second kappa shape index (κ2) is 8.57. The normalized spacial score (nSPS) is 17.8. The Kier molecular flexibility index (Phi) is 5.47. The van der Waals surface area contributed by atoms with Gasteiger partial charge in [-0.3, -0.25) is 14.7 Å². The van der Waals surface area contributed by atoms with Crippen molar-refractivity contribution in [3.63, 3.8) is 0 Å². The summed E-state index contributed by atoms with van der Waals surface area (Å²) in [5.74, 6) is 1.46. The molecule has 2 amide bonds. The van der Waals surface area contributed by atoms with E-state index in [4.69, 9.17) is 0 Å². The van der Waals surface area contributed by atoms with E-state index in [1.807, 2.05) is 53.4 Å². The monoisotopic (exact) mass is 429 g/mol. The van der Waals surface area contributed by atoms with Crippen molar-refractivity contribution in [3.8, 4) is 11.4 Å². The number of hydrogen-bond acceptors (Lipinski definition) is 4. The number of amides is 2. The van der Waals surface area contributed by atoms with Gasteiger partial charge in [0.25, 0.3) is 0 Å². The summed E-state index contributed by atoms with van der Waals surface area (Å²) in [5, 5.41) is 7.15. The van der Waals surface area contributed by atoms with Crippen molar-refractivity contribution in [2.75, 3.05) is 13.1 Å². The molecule has 0 radical (unpaired) electrons. The summed E-state index contributed by atoms with van der Waals surface area (Å²) in [5.41, 5.74) is 1.95. The van der Waals surface area contributed by atoms with Crippen LogP contribution in [0.15, 0.2) is 60.7 Å². The molecule has 3 aromatic rings. The molecule has 1 aromatic heterocycles. The highest BCUT2D eigenvalue weighted by Gasteiger charge is 2.47. The highest BCUT2D eigenvalue weighted by molar-refractivity contribution is 5.80. The molecule has 164 valence electrons. The Bertz CT molecular complexity index is 1090. The molecule has 2 aromatic carbocycles. The Hall–Kier alpha value is -3.48. The van der Waals surface area contributed by atoms with Crippen LogP contribution in [0.25, 0.3) is 11.4 Å². The Morgan fingerprint density at radius 1 is 0.969 bits per heavy atom. The molecule has 3 heterocycles. The molecule has 2 fully saturated rings. The van der Waals surface area contributed by atoms with Crippen LogP contribution in [-0.2, 0) is 22.6 Å². The third-order valence-corrected chi connectivity index (χ3v) is 6.79. The molecule has 0 saturated carbocycles. The van der Waals surface area contributed by atoms with Gasteiger partial charge in [0.15, 0.2) is 5.82 Å². The first-order valence-corrected chi connectivity index (χ1v) is 11.2. The number of carbonyl (C=O) groups is 2. The molecule has 5 rings (SSSR count). The van der Waals surface area contributed by atoms with E-state index in [1.165, 1.54) is 0 Å². The molecule has 0 aliphatic carbocycles. The van der Waals surface area contributed by atoms with Crippen LogP contribution in [0, 0.1) is 0 Å². The summed E-state index contributed by atoms with van der Waals surface area (Å²) in [6.07, 6.45) is 3.33. The van der Waals surface area contributed by atoms with Gasteiger partial charge in [-0.15, -0.1) is 0 Å². The first-order valence-electron chi connectivity index (χ1n) is 11.2. The zero-order chi connectivity index (χ0) is 22.0. The van der Waals surface area contributed by atoms with Crippen LogP contribution in [0.4, 0.5) is 0 Å². The zero-order valence-corrected chi connectivity index (χ0v) is 18.0. The lowest BCUT2D eigenvalue weighted by molar-refractivity contribution is -0.136. The van der Waals surface area contributed by atoms with Crippen molar-refractivity contribution in [1.29, 1.82) is 0 Å². The summed E-state index contributed by atoms with van der Waals surface area (Å²) in [7, 11) is 0. The van der Waals surface area contributed by atoms with Gasteiger partial charge < -0.3 is 9.80 Å².